The molecule has 2 unspecified atom stereocenters. The van der Waals surface area contributed by atoms with Crippen LogP contribution in [0.5, 0.6) is 0 Å². The van der Waals surface area contributed by atoms with Gasteiger partial charge in [-0.1, -0.05) is 6.92 Å². The van der Waals surface area contributed by atoms with E-state index in [9.17, 15) is 16.8 Å². The topological polar surface area (TPSA) is 80.3 Å². The molecule has 0 amide bonds. The van der Waals surface area contributed by atoms with Crippen LogP contribution in [0.4, 0.5) is 0 Å². The zero-order valence-electron chi connectivity index (χ0n) is 12.8. The molecule has 21 heavy (non-hydrogen) atoms. The minimum atomic E-state index is -3.45. The second-order valence-electron chi connectivity index (χ2n) is 5.29. The van der Waals surface area contributed by atoms with Gasteiger partial charge in [-0.15, -0.1) is 0 Å². The molecule has 2 atom stereocenters. The van der Waals surface area contributed by atoms with Crippen molar-refractivity contribution < 1.29 is 16.8 Å². The highest BCUT2D eigenvalue weighted by atomic mass is 32.2. The van der Waals surface area contributed by atoms with Gasteiger partial charge in [-0.25, -0.2) is 16.8 Å². The van der Waals surface area contributed by atoms with E-state index in [1.165, 1.54) is 24.3 Å². The minimum absolute atomic E-state index is 0.107. The summed E-state index contributed by atoms with van der Waals surface area (Å²) in [5, 5.41) is 2.65. The molecule has 5 nitrogen and oxygen atoms in total. The summed E-state index contributed by atoms with van der Waals surface area (Å²) in [4.78, 5) is 0.279. The van der Waals surface area contributed by atoms with Crippen LogP contribution in [0.3, 0.4) is 0 Å². The number of sulfone groups is 2. The summed E-state index contributed by atoms with van der Waals surface area (Å²) in [5.41, 5.74) is 0. The lowest BCUT2D eigenvalue weighted by Crippen LogP contribution is -2.32. The molecular weight excluding hydrogens is 310 g/mol. The standard InChI is InChI=1S/C14H23NO4S2/c1-5-15-11(2)10-12(3)21(18,19)14-8-6-13(7-9-14)20(4,16)17/h6-9,11-12,15H,5,10H2,1-4H3. The molecule has 0 saturated carbocycles. The fourth-order valence-corrected chi connectivity index (χ4v) is 4.32. The lowest BCUT2D eigenvalue weighted by atomic mass is 10.2. The van der Waals surface area contributed by atoms with Gasteiger partial charge in [0.1, 0.15) is 0 Å². The van der Waals surface area contributed by atoms with Crippen molar-refractivity contribution in [2.75, 3.05) is 12.8 Å². The van der Waals surface area contributed by atoms with Crippen LogP contribution in [-0.4, -0.2) is 40.9 Å². The van der Waals surface area contributed by atoms with Gasteiger partial charge in [0.25, 0.3) is 0 Å². The molecule has 0 heterocycles. The predicted molar refractivity (Wildman–Crippen MR) is 84.0 cm³/mol. The Balaban J connectivity index is 2.97. The van der Waals surface area contributed by atoms with Gasteiger partial charge in [0.05, 0.1) is 15.0 Å². The maximum absolute atomic E-state index is 12.5. The maximum atomic E-state index is 12.5. The Labute approximate surface area is 127 Å². The highest BCUT2D eigenvalue weighted by Crippen LogP contribution is 2.21. The average molecular weight is 333 g/mol. The molecule has 0 aliphatic rings. The van der Waals surface area contributed by atoms with Crippen molar-refractivity contribution in [1.29, 1.82) is 0 Å². The molecular formula is C14H23NO4S2. The molecule has 0 saturated heterocycles. The van der Waals surface area contributed by atoms with Crippen LogP contribution in [0, 0.1) is 0 Å². The van der Waals surface area contributed by atoms with Crippen LogP contribution in [-0.2, 0) is 19.7 Å². The van der Waals surface area contributed by atoms with Crippen molar-refractivity contribution in [3.8, 4) is 0 Å². The van der Waals surface area contributed by atoms with E-state index in [2.05, 4.69) is 5.32 Å². The first-order valence-electron chi connectivity index (χ1n) is 6.86. The average Bonchev–Trinajstić information content (AvgIpc) is 2.38. The molecule has 0 radical (unpaired) electrons. The first-order valence-corrected chi connectivity index (χ1v) is 10.3. The second-order valence-corrected chi connectivity index (χ2v) is 9.68. The summed E-state index contributed by atoms with van der Waals surface area (Å²) in [5.74, 6) is 0. The molecule has 0 aromatic heterocycles. The van der Waals surface area contributed by atoms with Crippen LogP contribution in [0.1, 0.15) is 27.2 Å². The molecule has 0 spiro atoms. The van der Waals surface area contributed by atoms with Crippen LogP contribution < -0.4 is 5.32 Å². The van der Waals surface area contributed by atoms with Crippen molar-refractivity contribution in [2.24, 2.45) is 0 Å². The lowest BCUT2D eigenvalue weighted by molar-refractivity contribution is 0.509. The maximum Gasteiger partial charge on any atom is 0.181 e. The van der Waals surface area contributed by atoms with Gasteiger partial charge in [-0.05, 0) is 51.1 Å². The van der Waals surface area contributed by atoms with E-state index in [1.807, 2.05) is 13.8 Å². The Hall–Kier alpha value is -0.920. The van der Waals surface area contributed by atoms with Crippen molar-refractivity contribution in [2.45, 2.75) is 48.3 Å². The molecule has 0 aliphatic carbocycles. The van der Waals surface area contributed by atoms with Gasteiger partial charge in [0.2, 0.25) is 0 Å². The number of hydrogen-bond acceptors (Lipinski definition) is 5. The third-order valence-electron chi connectivity index (χ3n) is 3.35. The largest absolute Gasteiger partial charge is 0.314 e. The predicted octanol–water partition coefficient (Wildman–Crippen LogP) is 1.64. The van der Waals surface area contributed by atoms with E-state index in [0.29, 0.717) is 6.42 Å². The summed E-state index contributed by atoms with van der Waals surface area (Å²) in [6, 6.07) is 5.50. The van der Waals surface area contributed by atoms with Gasteiger partial charge < -0.3 is 5.32 Å². The summed E-state index contributed by atoms with van der Waals surface area (Å²) < 4.78 is 47.7. The molecule has 1 rings (SSSR count). The molecule has 0 aliphatic heterocycles. The normalized spacial score (nSPS) is 15.6. The molecule has 7 heteroatoms. The summed E-state index contributed by atoms with van der Waals surface area (Å²) in [6.07, 6.45) is 1.60. The molecule has 120 valence electrons. The third kappa shape index (κ3) is 4.79. The van der Waals surface area contributed by atoms with Crippen molar-refractivity contribution in [3.63, 3.8) is 0 Å². The van der Waals surface area contributed by atoms with Gasteiger partial charge in [0.15, 0.2) is 19.7 Å². The highest BCUT2D eigenvalue weighted by Gasteiger charge is 2.25. The zero-order valence-corrected chi connectivity index (χ0v) is 14.5. The summed E-state index contributed by atoms with van der Waals surface area (Å²) >= 11 is 0. The number of benzene rings is 1. The highest BCUT2D eigenvalue weighted by molar-refractivity contribution is 7.92. The van der Waals surface area contributed by atoms with Gasteiger partial charge in [-0.3, -0.25) is 0 Å². The SMILES string of the molecule is CCNC(C)CC(C)S(=O)(=O)c1ccc(S(C)(=O)=O)cc1. The first-order chi connectivity index (χ1) is 9.59. The quantitative estimate of drug-likeness (QED) is 0.820. The van der Waals surface area contributed by atoms with Crippen LogP contribution >= 0.6 is 0 Å². The van der Waals surface area contributed by atoms with Gasteiger partial charge in [0, 0.05) is 12.3 Å². The molecule has 0 fully saturated rings. The molecule has 1 aromatic rings. The minimum Gasteiger partial charge on any atom is -0.314 e. The Bertz CT molecular complexity index is 663. The smallest absolute Gasteiger partial charge is 0.181 e. The molecule has 1 N–H and O–H groups in total. The van der Waals surface area contributed by atoms with Gasteiger partial charge >= 0.3 is 0 Å². The monoisotopic (exact) mass is 333 g/mol. The fraction of sp³-hybridized carbons (Fsp3) is 0.571. The Morgan fingerprint density at radius 1 is 1.00 bits per heavy atom. The van der Waals surface area contributed by atoms with Gasteiger partial charge in [-0.2, -0.15) is 0 Å². The van der Waals surface area contributed by atoms with E-state index in [-0.39, 0.29) is 15.8 Å². The number of rotatable bonds is 7. The summed E-state index contributed by atoms with van der Waals surface area (Å²) in [7, 11) is -6.77. The second kappa shape index (κ2) is 6.89. The lowest BCUT2D eigenvalue weighted by Gasteiger charge is -2.18. The zero-order chi connectivity index (χ0) is 16.3. The summed E-state index contributed by atoms with van der Waals surface area (Å²) in [6.45, 7) is 6.38. The van der Waals surface area contributed by atoms with E-state index in [1.54, 1.807) is 6.92 Å². The van der Waals surface area contributed by atoms with E-state index in [0.717, 1.165) is 12.8 Å². The van der Waals surface area contributed by atoms with Crippen LogP contribution in [0.25, 0.3) is 0 Å². The Morgan fingerprint density at radius 3 is 1.90 bits per heavy atom. The van der Waals surface area contributed by atoms with E-state index in [4.69, 9.17) is 0 Å². The Morgan fingerprint density at radius 2 is 1.48 bits per heavy atom. The van der Waals surface area contributed by atoms with Crippen LogP contribution in [0.15, 0.2) is 34.1 Å². The van der Waals surface area contributed by atoms with Crippen molar-refractivity contribution in [3.05, 3.63) is 24.3 Å². The van der Waals surface area contributed by atoms with Crippen molar-refractivity contribution >= 4 is 19.7 Å². The first kappa shape index (κ1) is 18.1. The fourth-order valence-electron chi connectivity index (χ4n) is 2.17. The van der Waals surface area contributed by atoms with Crippen molar-refractivity contribution in [1.82, 2.24) is 5.32 Å². The Kier molecular flexibility index (Phi) is 5.95. The molecule has 0 bridgehead atoms. The van der Waals surface area contributed by atoms with Crippen LogP contribution in [0.2, 0.25) is 0 Å². The van der Waals surface area contributed by atoms with E-state index < -0.39 is 24.9 Å². The number of hydrogen-bond donors (Lipinski definition) is 1. The number of nitrogens with one attached hydrogen (secondary N) is 1. The third-order valence-corrected chi connectivity index (χ3v) is 6.66. The molecule has 1 aromatic carbocycles. The van der Waals surface area contributed by atoms with E-state index >= 15 is 0 Å².